The van der Waals surface area contributed by atoms with Crippen molar-refractivity contribution >= 4 is 49.8 Å². The topological polar surface area (TPSA) is 16.4 Å². The summed E-state index contributed by atoms with van der Waals surface area (Å²) in [7, 11) is 0. The average molecular weight is 702 g/mol. The first-order chi connectivity index (χ1) is 27.3. The largest absolute Gasteiger partial charge is 0.456 e. The van der Waals surface area contributed by atoms with Gasteiger partial charge < -0.3 is 9.32 Å². The molecule has 2 heteroatoms. The van der Waals surface area contributed by atoms with E-state index in [1.54, 1.807) is 0 Å². The van der Waals surface area contributed by atoms with Crippen LogP contribution in [-0.4, -0.2) is 0 Å². The van der Waals surface area contributed by atoms with Crippen molar-refractivity contribution in [2.45, 2.75) is 5.41 Å². The SMILES string of the molecule is c1ccc(-c2ccc(N(c3ccc4c(c3)C(c3ccccc3)(c3ccccc3)c3c-4ccc4ccccc34)c3ccc4oc5ccccc5c4c3)cc2)cc1. The van der Waals surface area contributed by atoms with Gasteiger partial charge in [0, 0.05) is 27.8 Å². The second-order valence-electron chi connectivity index (χ2n) is 14.4. The van der Waals surface area contributed by atoms with Crippen LogP contribution in [0.25, 0.3) is 55.0 Å². The Bertz CT molecular complexity index is 2980. The summed E-state index contributed by atoms with van der Waals surface area (Å²) in [4.78, 5) is 2.40. The van der Waals surface area contributed by atoms with Crippen LogP contribution in [0.15, 0.2) is 217 Å². The van der Waals surface area contributed by atoms with Gasteiger partial charge in [-0.3, -0.25) is 0 Å². The maximum atomic E-state index is 6.30. The number of para-hydroxylation sites is 1. The van der Waals surface area contributed by atoms with Crippen molar-refractivity contribution in [3.8, 4) is 22.3 Å². The molecule has 0 spiro atoms. The molecule has 1 aromatic heterocycles. The Kier molecular flexibility index (Phi) is 7.11. The number of hydrogen-bond acceptors (Lipinski definition) is 2. The zero-order valence-electron chi connectivity index (χ0n) is 30.1. The summed E-state index contributed by atoms with van der Waals surface area (Å²) in [5, 5.41) is 4.73. The summed E-state index contributed by atoms with van der Waals surface area (Å²) in [5.74, 6) is 0. The molecule has 0 amide bonds. The minimum atomic E-state index is -0.558. The van der Waals surface area contributed by atoms with E-state index in [0.29, 0.717) is 0 Å². The molecule has 1 heterocycles. The van der Waals surface area contributed by atoms with E-state index >= 15 is 0 Å². The third-order valence-electron chi connectivity index (χ3n) is 11.5. The second kappa shape index (κ2) is 12.5. The molecule has 0 fully saturated rings. The van der Waals surface area contributed by atoms with E-state index in [0.717, 1.165) is 39.0 Å². The van der Waals surface area contributed by atoms with Crippen LogP contribution in [-0.2, 0) is 5.41 Å². The van der Waals surface area contributed by atoms with E-state index < -0.39 is 5.41 Å². The fraction of sp³-hybridized carbons (Fsp3) is 0.0189. The lowest BCUT2D eigenvalue weighted by molar-refractivity contribution is 0.669. The van der Waals surface area contributed by atoms with Crippen molar-refractivity contribution in [3.63, 3.8) is 0 Å². The van der Waals surface area contributed by atoms with E-state index in [9.17, 15) is 0 Å². The predicted molar refractivity (Wildman–Crippen MR) is 229 cm³/mol. The summed E-state index contributed by atoms with van der Waals surface area (Å²) in [5.41, 5.74) is 14.5. The molecule has 11 rings (SSSR count). The molecule has 0 unspecified atom stereocenters. The molecular formula is C53H35NO. The molecule has 9 aromatic carbocycles. The van der Waals surface area contributed by atoms with E-state index in [1.807, 2.05) is 12.1 Å². The molecule has 1 aliphatic rings. The summed E-state index contributed by atoms with van der Waals surface area (Å²) in [6.07, 6.45) is 0. The van der Waals surface area contributed by atoms with Gasteiger partial charge in [0.25, 0.3) is 0 Å². The maximum absolute atomic E-state index is 6.30. The van der Waals surface area contributed by atoms with Crippen LogP contribution in [0.3, 0.4) is 0 Å². The smallest absolute Gasteiger partial charge is 0.135 e. The molecule has 0 aliphatic heterocycles. The summed E-state index contributed by atoms with van der Waals surface area (Å²) >= 11 is 0. The molecule has 0 saturated heterocycles. The Morgan fingerprint density at radius 3 is 1.65 bits per heavy atom. The molecule has 0 N–H and O–H groups in total. The van der Waals surface area contributed by atoms with E-state index in [2.05, 4.69) is 205 Å². The highest BCUT2D eigenvalue weighted by Gasteiger charge is 2.47. The third-order valence-corrected chi connectivity index (χ3v) is 11.5. The monoisotopic (exact) mass is 701 g/mol. The van der Waals surface area contributed by atoms with Gasteiger partial charge in [0.1, 0.15) is 11.2 Å². The molecular weight excluding hydrogens is 667 g/mol. The summed E-state index contributed by atoms with van der Waals surface area (Å²) in [6.45, 7) is 0. The molecule has 0 saturated carbocycles. The van der Waals surface area contributed by atoms with Crippen molar-refractivity contribution in [1.82, 2.24) is 0 Å². The van der Waals surface area contributed by atoms with Gasteiger partial charge in [-0.2, -0.15) is 0 Å². The van der Waals surface area contributed by atoms with Gasteiger partial charge in [0.15, 0.2) is 0 Å². The highest BCUT2D eigenvalue weighted by Crippen LogP contribution is 2.59. The number of nitrogens with zero attached hydrogens (tertiary/aromatic N) is 1. The first-order valence-corrected chi connectivity index (χ1v) is 18.9. The number of furan rings is 1. The quantitative estimate of drug-likeness (QED) is 0.172. The van der Waals surface area contributed by atoms with Crippen LogP contribution in [0.4, 0.5) is 17.1 Å². The van der Waals surface area contributed by atoms with E-state index in [1.165, 1.54) is 55.3 Å². The van der Waals surface area contributed by atoms with Crippen molar-refractivity contribution in [2.24, 2.45) is 0 Å². The van der Waals surface area contributed by atoms with Crippen LogP contribution >= 0.6 is 0 Å². The Morgan fingerprint density at radius 1 is 0.364 bits per heavy atom. The van der Waals surface area contributed by atoms with Crippen LogP contribution in [0.1, 0.15) is 22.3 Å². The third kappa shape index (κ3) is 4.82. The van der Waals surface area contributed by atoms with E-state index in [-0.39, 0.29) is 0 Å². The van der Waals surface area contributed by atoms with Gasteiger partial charge in [-0.1, -0.05) is 164 Å². The number of anilines is 3. The van der Waals surface area contributed by atoms with Gasteiger partial charge in [-0.25, -0.2) is 0 Å². The van der Waals surface area contributed by atoms with Gasteiger partial charge >= 0.3 is 0 Å². The highest BCUT2D eigenvalue weighted by atomic mass is 16.3. The molecule has 0 radical (unpaired) electrons. The summed E-state index contributed by atoms with van der Waals surface area (Å²) < 4.78 is 6.30. The van der Waals surface area contributed by atoms with Crippen molar-refractivity contribution in [2.75, 3.05) is 4.90 Å². The molecule has 258 valence electrons. The Labute approximate surface area is 320 Å². The second-order valence-corrected chi connectivity index (χ2v) is 14.4. The fourth-order valence-corrected chi connectivity index (χ4v) is 9.13. The lowest BCUT2D eigenvalue weighted by Crippen LogP contribution is -2.29. The summed E-state index contributed by atoms with van der Waals surface area (Å²) in [6, 6.07) is 77.2. The van der Waals surface area contributed by atoms with Crippen LogP contribution in [0.2, 0.25) is 0 Å². The van der Waals surface area contributed by atoms with Gasteiger partial charge in [-0.05, 0) is 104 Å². The lowest BCUT2D eigenvalue weighted by Gasteiger charge is -2.35. The van der Waals surface area contributed by atoms with Crippen molar-refractivity contribution in [1.29, 1.82) is 0 Å². The lowest BCUT2D eigenvalue weighted by atomic mass is 9.66. The van der Waals surface area contributed by atoms with E-state index in [4.69, 9.17) is 4.42 Å². The van der Waals surface area contributed by atoms with Gasteiger partial charge in [0.2, 0.25) is 0 Å². The minimum absolute atomic E-state index is 0.558. The Hall–Kier alpha value is -7.16. The van der Waals surface area contributed by atoms with Crippen LogP contribution < -0.4 is 4.90 Å². The number of benzene rings is 9. The van der Waals surface area contributed by atoms with Gasteiger partial charge in [0.05, 0.1) is 5.41 Å². The number of hydrogen-bond donors (Lipinski definition) is 0. The van der Waals surface area contributed by atoms with Crippen molar-refractivity contribution < 1.29 is 4.42 Å². The fourth-order valence-electron chi connectivity index (χ4n) is 9.13. The minimum Gasteiger partial charge on any atom is -0.456 e. The maximum Gasteiger partial charge on any atom is 0.135 e. The average Bonchev–Trinajstić information content (AvgIpc) is 3.78. The standard InChI is InChI=1S/C53H35NO/c1-4-14-36(15-5-1)37-24-27-41(28-25-37)54(42-30-33-51-48(34-42)46-22-12-13-23-50(46)55-51)43-29-32-45-47-31-26-38-16-10-11-21-44(38)52(47)53(49(45)35-43,39-17-6-2-7-18-39)40-19-8-3-9-20-40/h1-35H. The Balaban J connectivity index is 1.19. The molecule has 55 heavy (non-hydrogen) atoms. The molecule has 0 atom stereocenters. The highest BCUT2D eigenvalue weighted by molar-refractivity contribution is 6.07. The van der Waals surface area contributed by atoms with Gasteiger partial charge in [-0.15, -0.1) is 0 Å². The predicted octanol–water partition coefficient (Wildman–Crippen LogP) is 14.2. The van der Waals surface area contributed by atoms with Crippen molar-refractivity contribution in [3.05, 3.63) is 235 Å². The molecule has 2 nitrogen and oxygen atoms in total. The molecule has 0 bridgehead atoms. The first-order valence-electron chi connectivity index (χ1n) is 18.9. The zero-order chi connectivity index (χ0) is 36.3. The Morgan fingerprint density at radius 2 is 0.909 bits per heavy atom. The van der Waals surface area contributed by atoms with Crippen LogP contribution in [0.5, 0.6) is 0 Å². The first kappa shape index (κ1) is 31.4. The number of fused-ring (bicyclic) bond motifs is 8. The number of rotatable bonds is 6. The zero-order valence-corrected chi connectivity index (χ0v) is 30.1. The molecule has 10 aromatic rings. The van der Waals surface area contributed by atoms with Crippen LogP contribution in [0, 0.1) is 0 Å². The normalized spacial score (nSPS) is 12.9. The molecule has 1 aliphatic carbocycles.